The van der Waals surface area contributed by atoms with Gasteiger partial charge in [0.1, 0.15) is 11.8 Å². The minimum Gasteiger partial charge on any atom is -0.482 e. The molecule has 1 aliphatic rings. The Kier molecular flexibility index (Phi) is 7.28. The summed E-state index contributed by atoms with van der Waals surface area (Å²) in [7, 11) is 0. The Balaban J connectivity index is 1.46. The molecule has 3 amide bonds. The third-order valence-corrected chi connectivity index (χ3v) is 6.23. The highest BCUT2D eigenvalue weighted by Gasteiger charge is 2.33. The van der Waals surface area contributed by atoms with Crippen molar-refractivity contribution >= 4 is 46.6 Å². The van der Waals surface area contributed by atoms with Crippen molar-refractivity contribution in [1.29, 1.82) is 0 Å². The number of rotatable bonds is 6. The molecule has 1 unspecified atom stereocenters. The van der Waals surface area contributed by atoms with Crippen molar-refractivity contribution in [2.45, 2.75) is 25.8 Å². The average molecular weight is 512 g/mol. The number of amides is 3. The van der Waals surface area contributed by atoms with E-state index >= 15 is 0 Å². The lowest BCUT2D eigenvalue weighted by Crippen LogP contribution is -2.54. The van der Waals surface area contributed by atoms with Gasteiger partial charge in [-0.1, -0.05) is 65.7 Å². The zero-order valence-corrected chi connectivity index (χ0v) is 20.6. The standard InChI is InChI=1S/C26H23Cl2N3O4/c1-15-18-7-3-4-8-19(18)20-9-5-6-10-22(20)31(26(15)34)30-25(33)16(2)29-24(32)14-35-23-12-11-17(27)13-21(23)28/h3-13,15-16H,14H2,1-2H3,(H,29,32)(H,30,33)/t15?,16-/m0/s1. The van der Waals surface area contributed by atoms with E-state index in [1.165, 1.54) is 18.0 Å². The van der Waals surface area contributed by atoms with Crippen molar-refractivity contribution in [3.8, 4) is 16.9 Å². The quantitative estimate of drug-likeness (QED) is 0.500. The monoisotopic (exact) mass is 511 g/mol. The summed E-state index contributed by atoms with van der Waals surface area (Å²) in [6.07, 6.45) is 0. The normalized spacial score (nSPS) is 15.4. The second kappa shape index (κ2) is 10.4. The van der Waals surface area contributed by atoms with Crippen LogP contribution in [0.2, 0.25) is 10.0 Å². The van der Waals surface area contributed by atoms with Crippen LogP contribution in [0.25, 0.3) is 11.1 Å². The van der Waals surface area contributed by atoms with Crippen LogP contribution in [-0.2, 0) is 14.4 Å². The first kappa shape index (κ1) is 24.6. The number of fused-ring (bicyclic) bond motifs is 3. The summed E-state index contributed by atoms with van der Waals surface area (Å²) in [4.78, 5) is 38.7. The molecule has 0 bridgehead atoms. The Morgan fingerprint density at radius 1 is 1.03 bits per heavy atom. The lowest BCUT2D eigenvalue weighted by Gasteiger charge is -2.27. The maximum atomic E-state index is 13.3. The van der Waals surface area contributed by atoms with Crippen molar-refractivity contribution in [3.63, 3.8) is 0 Å². The third-order valence-electron chi connectivity index (χ3n) is 5.70. The minimum atomic E-state index is -0.937. The smallest absolute Gasteiger partial charge is 0.261 e. The zero-order valence-electron chi connectivity index (χ0n) is 19.0. The van der Waals surface area contributed by atoms with Gasteiger partial charge < -0.3 is 10.1 Å². The summed E-state index contributed by atoms with van der Waals surface area (Å²) in [6, 6.07) is 18.7. The van der Waals surface area contributed by atoms with E-state index in [9.17, 15) is 14.4 Å². The fraction of sp³-hybridized carbons (Fsp3) is 0.192. The average Bonchev–Trinajstić information content (AvgIpc) is 2.93. The van der Waals surface area contributed by atoms with E-state index in [0.29, 0.717) is 16.5 Å². The predicted molar refractivity (Wildman–Crippen MR) is 135 cm³/mol. The predicted octanol–water partition coefficient (Wildman–Crippen LogP) is 4.73. The number of carbonyl (C=O) groups is 3. The van der Waals surface area contributed by atoms with Crippen LogP contribution in [0.5, 0.6) is 5.75 Å². The second-order valence-electron chi connectivity index (χ2n) is 8.13. The molecule has 0 aliphatic carbocycles. The first-order valence-corrected chi connectivity index (χ1v) is 11.7. The van der Waals surface area contributed by atoms with Crippen molar-refractivity contribution in [1.82, 2.24) is 10.7 Å². The summed E-state index contributed by atoms with van der Waals surface area (Å²) in [5, 5.41) is 4.54. The minimum absolute atomic E-state index is 0.268. The molecule has 3 aromatic carbocycles. The number of halogens is 2. The number of nitrogens with one attached hydrogen (secondary N) is 2. The summed E-state index contributed by atoms with van der Waals surface area (Å²) in [6.45, 7) is 2.97. The van der Waals surface area contributed by atoms with Crippen LogP contribution < -0.4 is 20.5 Å². The first-order chi connectivity index (χ1) is 16.8. The van der Waals surface area contributed by atoms with Gasteiger partial charge in [0, 0.05) is 10.6 Å². The van der Waals surface area contributed by atoms with Gasteiger partial charge in [0.25, 0.3) is 17.7 Å². The molecule has 4 rings (SSSR count). The Morgan fingerprint density at radius 3 is 2.46 bits per heavy atom. The van der Waals surface area contributed by atoms with Crippen LogP contribution in [-0.4, -0.2) is 30.4 Å². The van der Waals surface area contributed by atoms with Gasteiger partial charge in [-0.3, -0.25) is 19.8 Å². The molecule has 2 N–H and O–H groups in total. The van der Waals surface area contributed by atoms with Crippen molar-refractivity contribution in [2.24, 2.45) is 0 Å². The van der Waals surface area contributed by atoms with Crippen LogP contribution >= 0.6 is 23.2 Å². The topological polar surface area (TPSA) is 87.7 Å². The fourth-order valence-electron chi connectivity index (χ4n) is 3.87. The van der Waals surface area contributed by atoms with E-state index in [-0.39, 0.29) is 17.5 Å². The molecule has 0 saturated carbocycles. The molecular weight excluding hydrogens is 489 g/mol. The SMILES string of the molecule is CC1C(=O)N(NC(=O)[C@H](C)NC(=O)COc2ccc(Cl)cc2Cl)c2ccccc2-c2ccccc21. The maximum Gasteiger partial charge on any atom is 0.261 e. The summed E-state index contributed by atoms with van der Waals surface area (Å²) < 4.78 is 5.42. The van der Waals surface area contributed by atoms with E-state index in [2.05, 4.69) is 10.7 Å². The Hall–Kier alpha value is -3.55. The highest BCUT2D eigenvalue weighted by molar-refractivity contribution is 6.35. The van der Waals surface area contributed by atoms with Gasteiger partial charge in [0.15, 0.2) is 6.61 Å². The Labute approximate surface area is 212 Å². The molecule has 1 aliphatic heterocycles. The lowest BCUT2D eigenvalue weighted by molar-refractivity contribution is -0.131. The number of benzene rings is 3. The van der Waals surface area contributed by atoms with Crippen LogP contribution in [0.1, 0.15) is 25.3 Å². The van der Waals surface area contributed by atoms with E-state index in [1.54, 1.807) is 31.2 Å². The molecule has 0 radical (unpaired) electrons. The van der Waals surface area contributed by atoms with E-state index < -0.39 is 23.8 Å². The van der Waals surface area contributed by atoms with Crippen LogP contribution in [0.15, 0.2) is 66.7 Å². The van der Waals surface area contributed by atoms with Gasteiger partial charge in [-0.15, -0.1) is 0 Å². The van der Waals surface area contributed by atoms with Crippen molar-refractivity contribution < 1.29 is 19.1 Å². The molecule has 0 spiro atoms. The number of hydrogen-bond donors (Lipinski definition) is 2. The van der Waals surface area contributed by atoms with Gasteiger partial charge in [0.05, 0.1) is 16.6 Å². The molecule has 0 aromatic heterocycles. The van der Waals surface area contributed by atoms with Crippen LogP contribution in [0.4, 0.5) is 5.69 Å². The molecule has 1 heterocycles. The summed E-state index contributed by atoms with van der Waals surface area (Å²) in [5.74, 6) is -1.55. The number of carbonyl (C=O) groups excluding carboxylic acids is 3. The van der Waals surface area contributed by atoms with Crippen LogP contribution in [0, 0.1) is 0 Å². The second-order valence-corrected chi connectivity index (χ2v) is 8.97. The molecule has 0 saturated heterocycles. The number of nitrogens with zero attached hydrogens (tertiary/aromatic N) is 1. The number of hydrogen-bond acceptors (Lipinski definition) is 4. The van der Waals surface area contributed by atoms with Gasteiger partial charge >= 0.3 is 0 Å². The van der Waals surface area contributed by atoms with Gasteiger partial charge in [-0.25, -0.2) is 5.01 Å². The summed E-state index contributed by atoms with van der Waals surface area (Å²) >= 11 is 11.9. The molecule has 35 heavy (non-hydrogen) atoms. The molecule has 3 aromatic rings. The number of anilines is 1. The number of ether oxygens (including phenoxy) is 1. The molecule has 7 nitrogen and oxygen atoms in total. The zero-order chi connectivity index (χ0) is 25.1. The highest BCUT2D eigenvalue weighted by Crippen LogP contribution is 2.40. The molecule has 0 fully saturated rings. The lowest BCUT2D eigenvalue weighted by atomic mass is 9.92. The fourth-order valence-corrected chi connectivity index (χ4v) is 4.33. The van der Waals surface area contributed by atoms with E-state index in [0.717, 1.165) is 16.7 Å². The van der Waals surface area contributed by atoms with Crippen LogP contribution in [0.3, 0.4) is 0 Å². The Bertz CT molecular complexity index is 1300. The third kappa shape index (κ3) is 5.26. The largest absolute Gasteiger partial charge is 0.482 e. The van der Waals surface area contributed by atoms with E-state index in [4.69, 9.17) is 27.9 Å². The van der Waals surface area contributed by atoms with Gasteiger partial charge in [0.2, 0.25) is 0 Å². The van der Waals surface area contributed by atoms with Crippen molar-refractivity contribution in [3.05, 3.63) is 82.3 Å². The molecular formula is C26H23Cl2N3O4. The first-order valence-electron chi connectivity index (χ1n) is 11.0. The molecule has 180 valence electrons. The maximum absolute atomic E-state index is 13.3. The number of para-hydroxylation sites is 1. The molecule has 2 atom stereocenters. The van der Waals surface area contributed by atoms with Crippen molar-refractivity contribution in [2.75, 3.05) is 11.6 Å². The Morgan fingerprint density at radius 2 is 1.71 bits per heavy atom. The molecule has 9 heteroatoms. The highest BCUT2D eigenvalue weighted by atomic mass is 35.5. The summed E-state index contributed by atoms with van der Waals surface area (Å²) in [5.41, 5.74) is 5.87. The van der Waals surface area contributed by atoms with Gasteiger partial charge in [-0.2, -0.15) is 0 Å². The number of hydrazine groups is 1. The van der Waals surface area contributed by atoms with Gasteiger partial charge in [-0.05, 0) is 49.2 Å². The van der Waals surface area contributed by atoms with E-state index in [1.807, 2.05) is 36.4 Å².